The van der Waals surface area contributed by atoms with Crippen molar-refractivity contribution in [1.29, 1.82) is 0 Å². The molecule has 0 aliphatic carbocycles. The second kappa shape index (κ2) is 16.9. The van der Waals surface area contributed by atoms with Gasteiger partial charge in [0.1, 0.15) is 17.8 Å². The van der Waals surface area contributed by atoms with E-state index < -0.39 is 109 Å². The van der Waals surface area contributed by atoms with Crippen LogP contribution in [0.1, 0.15) is 76.2 Å². The van der Waals surface area contributed by atoms with Gasteiger partial charge in [-0.1, -0.05) is 0 Å². The summed E-state index contributed by atoms with van der Waals surface area (Å²) in [5.41, 5.74) is -0.997. The van der Waals surface area contributed by atoms with Crippen molar-refractivity contribution in [2.75, 3.05) is 13.1 Å². The van der Waals surface area contributed by atoms with E-state index in [0.717, 1.165) is 46.4 Å². The van der Waals surface area contributed by atoms with Crippen molar-refractivity contribution in [2.24, 2.45) is 0 Å². The summed E-state index contributed by atoms with van der Waals surface area (Å²) in [6.45, 7) is 14.0. The minimum absolute atomic E-state index is 0.381. The molecule has 0 aromatic rings. The standard InChI is InChI=1S/C31H47NO16/c1-14-24(42-16(3)33)28(46-20(7)37)26(44-18(5)35)22(40-14)12-32(30(39)48-31(9,10)11)13-23-27(45-19(6)36)29(47-21(8)38)25(15(2)41-23)43-17(4)34/h14-15,22-29H,12-13H2,1-11H3/t14-,15-,22+,23+,24+,25+,26+,27+,28+,29+/m0/s1. The van der Waals surface area contributed by atoms with E-state index in [4.69, 9.17) is 42.6 Å². The van der Waals surface area contributed by atoms with Crippen LogP contribution in [-0.4, -0.2) is 127 Å². The molecular formula is C31H47NO16. The number of carbonyl (C=O) groups excluding carboxylic acids is 7. The first-order valence-corrected chi connectivity index (χ1v) is 15.4. The topological polar surface area (TPSA) is 206 Å². The monoisotopic (exact) mass is 689 g/mol. The summed E-state index contributed by atoms with van der Waals surface area (Å²) in [7, 11) is 0. The number of carbonyl (C=O) groups is 7. The molecule has 0 saturated carbocycles. The molecule has 0 bridgehead atoms. The van der Waals surface area contributed by atoms with Gasteiger partial charge in [0, 0.05) is 41.5 Å². The molecule has 2 aliphatic heterocycles. The van der Waals surface area contributed by atoms with Gasteiger partial charge < -0.3 is 47.5 Å². The Labute approximate surface area is 279 Å². The van der Waals surface area contributed by atoms with E-state index in [2.05, 4.69) is 0 Å². The summed E-state index contributed by atoms with van der Waals surface area (Å²) in [5.74, 6) is -4.52. The number of nitrogens with zero attached hydrogens (tertiary/aromatic N) is 1. The summed E-state index contributed by atoms with van der Waals surface area (Å²) in [4.78, 5) is 87.5. The summed E-state index contributed by atoms with van der Waals surface area (Å²) in [6, 6.07) is 0. The molecule has 2 aliphatic rings. The van der Waals surface area contributed by atoms with E-state index >= 15 is 0 Å². The van der Waals surface area contributed by atoms with Gasteiger partial charge >= 0.3 is 41.9 Å². The zero-order valence-electron chi connectivity index (χ0n) is 29.2. The molecule has 2 fully saturated rings. The van der Waals surface area contributed by atoms with Crippen LogP contribution in [0, 0.1) is 0 Å². The average Bonchev–Trinajstić information content (AvgIpc) is 2.89. The van der Waals surface area contributed by atoms with Crippen molar-refractivity contribution in [3.05, 3.63) is 0 Å². The van der Waals surface area contributed by atoms with E-state index in [0.29, 0.717) is 0 Å². The highest BCUT2D eigenvalue weighted by molar-refractivity contribution is 5.70. The maximum absolute atomic E-state index is 13.7. The summed E-state index contributed by atoms with van der Waals surface area (Å²) >= 11 is 0. The van der Waals surface area contributed by atoms with Gasteiger partial charge in [0.25, 0.3) is 0 Å². The molecule has 48 heavy (non-hydrogen) atoms. The quantitative estimate of drug-likeness (QED) is 0.235. The van der Waals surface area contributed by atoms with Crippen LogP contribution in [0.5, 0.6) is 0 Å². The Morgan fingerprint density at radius 2 is 0.771 bits per heavy atom. The normalized spacial score (nSPS) is 30.1. The van der Waals surface area contributed by atoms with Crippen molar-refractivity contribution in [1.82, 2.24) is 4.90 Å². The average molecular weight is 690 g/mol. The molecule has 0 aromatic carbocycles. The van der Waals surface area contributed by atoms with Crippen LogP contribution >= 0.6 is 0 Å². The molecule has 272 valence electrons. The predicted molar refractivity (Wildman–Crippen MR) is 160 cm³/mol. The zero-order valence-corrected chi connectivity index (χ0v) is 29.2. The van der Waals surface area contributed by atoms with E-state index in [1.807, 2.05) is 0 Å². The van der Waals surface area contributed by atoms with Gasteiger partial charge in [0.05, 0.1) is 25.3 Å². The summed E-state index contributed by atoms with van der Waals surface area (Å²) in [6.07, 6.45) is -12.9. The van der Waals surface area contributed by atoms with E-state index in [9.17, 15) is 33.6 Å². The molecule has 0 radical (unpaired) electrons. The van der Waals surface area contributed by atoms with Gasteiger partial charge in [0.15, 0.2) is 36.6 Å². The minimum atomic E-state index is -1.38. The largest absolute Gasteiger partial charge is 0.456 e. The smallest absolute Gasteiger partial charge is 0.410 e. The van der Waals surface area contributed by atoms with Gasteiger partial charge in [-0.05, 0) is 34.6 Å². The van der Waals surface area contributed by atoms with Crippen molar-refractivity contribution in [3.8, 4) is 0 Å². The lowest BCUT2D eigenvalue weighted by molar-refractivity contribution is -0.251. The molecule has 10 atom stereocenters. The fourth-order valence-corrected chi connectivity index (χ4v) is 5.50. The van der Waals surface area contributed by atoms with Crippen LogP contribution in [0.2, 0.25) is 0 Å². The zero-order chi connectivity index (χ0) is 36.7. The minimum Gasteiger partial charge on any atom is -0.456 e. The Kier molecular flexibility index (Phi) is 14.2. The molecule has 2 saturated heterocycles. The van der Waals surface area contributed by atoms with Crippen molar-refractivity contribution in [2.45, 2.75) is 143 Å². The number of hydrogen-bond donors (Lipinski definition) is 0. The van der Waals surface area contributed by atoms with Crippen LogP contribution in [0.15, 0.2) is 0 Å². The highest BCUT2D eigenvalue weighted by Gasteiger charge is 2.53. The lowest BCUT2D eigenvalue weighted by Crippen LogP contribution is -2.65. The van der Waals surface area contributed by atoms with Crippen LogP contribution in [0.3, 0.4) is 0 Å². The molecular weight excluding hydrogens is 642 g/mol. The summed E-state index contributed by atoms with van der Waals surface area (Å²) < 4.78 is 50.7. The third-order valence-electron chi connectivity index (χ3n) is 7.00. The number of hydrogen-bond acceptors (Lipinski definition) is 16. The molecule has 17 heteroatoms. The highest BCUT2D eigenvalue weighted by Crippen LogP contribution is 2.32. The Bertz CT molecular complexity index is 1140. The molecule has 0 N–H and O–H groups in total. The maximum atomic E-state index is 13.7. The third-order valence-corrected chi connectivity index (χ3v) is 7.00. The van der Waals surface area contributed by atoms with Crippen LogP contribution in [-0.2, 0) is 71.4 Å². The second-order valence-corrected chi connectivity index (χ2v) is 12.6. The Morgan fingerprint density at radius 1 is 0.500 bits per heavy atom. The predicted octanol–water partition coefficient (Wildman–Crippen LogP) is 1.39. The van der Waals surface area contributed by atoms with Crippen molar-refractivity contribution >= 4 is 41.9 Å². The third kappa shape index (κ3) is 11.9. The molecule has 17 nitrogen and oxygen atoms in total. The van der Waals surface area contributed by atoms with E-state index in [1.165, 1.54) is 0 Å². The number of esters is 6. The van der Waals surface area contributed by atoms with Gasteiger partial charge in [-0.15, -0.1) is 0 Å². The molecule has 0 spiro atoms. The van der Waals surface area contributed by atoms with Gasteiger partial charge in [-0.2, -0.15) is 0 Å². The fourth-order valence-electron chi connectivity index (χ4n) is 5.50. The lowest BCUT2D eigenvalue weighted by atomic mass is 9.93. The van der Waals surface area contributed by atoms with Crippen LogP contribution < -0.4 is 0 Å². The van der Waals surface area contributed by atoms with E-state index in [-0.39, 0.29) is 13.1 Å². The SMILES string of the molecule is CC(=O)O[C@@H]1[C@H](OC(C)=O)[C@H](C)O[C@H](CN(C[C@H]2O[C@@H](C)[C@@H](OC(C)=O)[C@@H](OC(C)=O)[C@@H]2OC(C)=O)C(=O)OC(C)(C)C)[C@H]1OC(C)=O. The second-order valence-electron chi connectivity index (χ2n) is 12.6. The molecule has 0 unspecified atom stereocenters. The first-order chi connectivity index (χ1) is 22.1. The summed E-state index contributed by atoms with van der Waals surface area (Å²) in [5, 5.41) is 0. The van der Waals surface area contributed by atoms with Gasteiger partial charge in [-0.25, -0.2) is 4.79 Å². The Balaban J connectivity index is 2.61. The first-order valence-electron chi connectivity index (χ1n) is 15.4. The fraction of sp³-hybridized carbons (Fsp3) is 0.774. The maximum Gasteiger partial charge on any atom is 0.410 e. The molecule has 1 amide bonds. The molecule has 0 aromatic heterocycles. The van der Waals surface area contributed by atoms with Crippen LogP contribution in [0.25, 0.3) is 0 Å². The number of rotatable bonds is 10. The van der Waals surface area contributed by atoms with Crippen molar-refractivity contribution < 1.29 is 76.2 Å². The number of ether oxygens (including phenoxy) is 9. The van der Waals surface area contributed by atoms with Crippen molar-refractivity contribution in [3.63, 3.8) is 0 Å². The van der Waals surface area contributed by atoms with Crippen LogP contribution in [0.4, 0.5) is 4.79 Å². The van der Waals surface area contributed by atoms with Gasteiger partial charge in [-0.3, -0.25) is 28.8 Å². The Hall–Kier alpha value is -3.99. The van der Waals surface area contributed by atoms with E-state index in [1.54, 1.807) is 34.6 Å². The Morgan fingerprint density at radius 3 is 1.04 bits per heavy atom. The lowest BCUT2D eigenvalue weighted by Gasteiger charge is -2.47. The highest BCUT2D eigenvalue weighted by atomic mass is 16.7. The molecule has 2 rings (SSSR count). The first kappa shape index (κ1) is 40.2. The van der Waals surface area contributed by atoms with Gasteiger partial charge in [0.2, 0.25) is 0 Å². The number of amides is 1. The molecule has 2 heterocycles.